The molecule has 16 heavy (non-hydrogen) atoms. The number of hydrogen-bond acceptors (Lipinski definition) is 4. The maximum Gasteiger partial charge on any atom is 0.341 e. The number of nitrogens with two attached hydrogens (primary N) is 1. The number of methoxy groups -OCH3 is 1. The quantitative estimate of drug-likeness (QED) is 0.761. The second-order valence-corrected chi connectivity index (χ2v) is 4.47. The third kappa shape index (κ3) is 1.43. The maximum absolute atomic E-state index is 11.6. The molecule has 1 aromatic rings. The van der Waals surface area contributed by atoms with Gasteiger partial charge in [0.2, 0.25) is 0 Å². The molecule has 1 atom stereocenters. The molecular weight excluding hydrogens is 206 g/mol. The Bertz CT molecular complexity index is 419. The van der Waals surface area contributed by atoms with Gasteiger partial charge in [-0.25, -0.2) is 4.79 Å². The fraction of sp³-hybridized carbons (Fsp3) is 0.636. The van der Waals surface area contributed by atoms with Crippen LogP contribution in [0.3, 0.4) is 0 Å². The van der Waals surface area contributed by atoms with E-state index in [1.807, 2.05) is 14.0 Å². The van der Waals surface area contributed by atoms with E-state index in [9.17, 15) is 4.79 Å². The molecule has 0 bridgehead atoms. The lowest BCUT2D eigenvalue weighted by atomic mass is 9.91. The van der Waals surface area contributed by atoms with Crippen molar-refractivity contribution >= 4 is 5.97 Å². The predicted molar refractivity (Wildman–Crippen MR) is 59.1 cm³/mol. The molecular formula is C11H17N3O2. The van der Waals surface area contributed by atoms with Crippen LogP contribution in [0, 0.1) is 0 Å². The molecule has 1 aliphatic rings. The van der Waals surface area contributed by atoms with E-state index in [1.54, 1.807) is 10.9 Å². The third-order valence-electron chi connectivity index (χ3n) is 3.48. The van der Waals surface area contributed by atoms with Gasteiger partial charge in [-0.3, -0.25) is 4.68 Å². The van der Waals surface area contributed by atoms with Gasteiger partial charge in [0.1, 0.15) is 5.56 Å². The lowest BCUT2D eigenvalue weighted by Gasteiger charge is -2.21. The topological polar surface area (TPSA) is 70.1 Å². The molecule has 2 rings (SSSR count). The molecule has 0 aromatic carbocycles. The van der Waals surface area contributed by atoms with E-state index in [-0.39, 0.29) is 17.4 Å². The van der Waals surface area contributed by atoms with E-state index < -0.39 is 0 Å². The molecule has 0 amide bonds. The normalized spacial score (nSPS) is 19.2. The van der Waals surface area contributed by atoms with Crippen LogP contribution in [0.25, 0.3) is 0 Å². The molecule has 88 valence electrons. The molecule has 2 N–H and O–H groups in total. The minimum absolute atomic E-state index is 0.0197. The maximum atomic E-state index is 11.6. The van der Waals surface area contributed by atoms with E-state index >= 15 is 0 Å². The van der Waals surface area contributed by atoms with Gasteiger partial charge in [0.05, 0.1) is 19.0 Å². The van der Waals surface area contributed by atoms with E-state index in [0.29, 0.717) is 5.56 Å². The summed E-state index contributed by atoms with van der Waals surface area (Å²) in [4.78, 5) is 11.6. The van der Waals surface area contributed by atoms with Crippen LogP contribution in [0.2, 0.25) is 0 Å². The van der Waals surface area contributed by atoms with Crippen LogP contribution in [-0.4, -0.2) is 28.9 Å². The van der Waals surface area contributed by atoms with Crippen molar-refractivity contribution in [3.8, 4) is 0 Å². The van der Waals surface area contributed by atoms with Gasteiger partial charge in [-0.05, 0) is 19.8 Å². The molecule has 5 nitrogen and oxygen atoms in total. The SMILES string of the molecule is COC(=O)c1cnn(C)c1C1(C(C)N)CC1. The first-order valence-electron chi connectivity index (χ1n) is 5.39. The summed E-state index contributed by atoms with van der Waals surface area (Å²) in [5, 5.41) is 4.13. The van der Waals surface area contributed by atoms with Gasteiger partial charge in [0.25, 0.3) is 0 Å². The number of aromatic nitrogens is 2. The van der Waals surface area contributed by atoms with E-state index in [0.717, 1.165) is 18.5 Å². The second kappa shape index (κ2) is 3.59. The number of carbonyl (C=O) groups excluding carboxylic acids is 1. The van der Waals surface area contributed by atoms with Crippen molar-refractivity contribution in [2.45, 2.75) is 31.2 Å². The van der Waals surface area contributed by atoms with Crippen LogP contribution in [0.1, 0.15) is 35.8 Å². The molecule has 1 aliphatic carbocycles. The fourth-order valence-corrected chi connectivity index (χ4v) is 2.33. The number of nitrogens with zero attached hydrogens (tertiary/aromatic N) is 2. The van der Waals surface area contributed by atoms with Crippen molar-refractivity contribution in [1.82, 2.24) is 9.78 Å². The monoisotopic (exact) mass is 223 g/mol. The van der Waals surface area contributed by atoms with Crippen molar-refractivity contribution in [3.05, 3.63) is 17.5 Å². The lowest BCUT2D eigenvalue weighted by Crippen LogP contribution is -2.34. The minimum atomic E-state index is -0.338. The van der Waals surface area contributed by atoms with Crippen LogP contribution in [-0.2, 0) is 17.2 Å². The number of hydrogen-bond donors (Lipinski definition) is 1. The molecule has 1 aromatic heterocycles. The Morgan fingerprint density at radius 3 is 2.75 bits per heavy atom. The van der Waals surface area contributed by atoms with Gasteiger partial charge in [-0.1, -0.05) is 0 Å². The number of carbonyl (C=O) groups is 1. The molecule has 0 aliphatic heterocycles. The van der Waals surface area contributed by atoms with Crippen molar-refractivity contribution in [1.29, 1.82) is 0 Å². The predicted octanol–water partition coefficient (Wildman–Crippen LogP) is 0.585. The summed E-state index contributed by atoms with van der Waals surface area (Å²) < 4.78 is 6.50. The third-order valence-corrected chi connectivity index (χ3v) is 3.48. The van der Waals surface area contributed by atoms with E-state index in [1.165, 1.54) is 7.11 Å². The molecule has 1 heterocycles. The van der Waals surface area contributed by atoms with Crippen LogP contribution in [0.5, 0.6) is 0 Å². The van der Waals surface area contributed by atoms with Crippen LogP contribution >= 0.6 is 0 Å². The number of rotatable bonds is 3. The van der Waals surface area contributed by atoms with E-state index in [2.05, 4.69) is 5.10 Å². The summed E-state index contributed by atoms with van der Waals surface area (Å²) in [6.45, 7) is 1.97. The van der Waals surface area contributed by atoms with Gasteiger partial charge in [0.15, 0.2) is 0 Å². The van der Waals surface area contributed by atoms with Gasteiger partial charge in [-0.2, -0.15) is 5.10 Å². The second-order valence-electron chi connectivity index (χ2n) is 4.47. The van der Waals surface area contributed by atoms with Gasteiger partial charge >= 0.3 is 5.97 Å². The first-order valence-corrected chi connectivity index (χ1v) is 5.39. The average molecular weight is 223 g/mol. The van der Waals surface area contributed by atoms with E-state index in [4.69, 9.17) is 10.5 Å². The van der Waals surface area contributed by atoms with Crippen LogP contribution in [0.4, 0.5) is 0 Å². The summed E-state index contributed by atoms with van der Waals surface area (Å²) in [6, 6.07) is 0.0197. The average Bonchev–Trinajstić information content (AvgIpc) is 2.96. The number of aryl methyl sites for hydroxylation is 1. The van der Waals surface area contributed by atoms with Crippen molar-refractivity contribution in [2.75, 3.05) is 7.11 Å². The Hall–Kier alpha value is -1.36. The molecule has 1 saturated carbocycles. The highest BCUT2D eigenvalue weighted by Gasteiger charge is 2.51. The summed E-state index contributed by atoms with van der Waals surface area (Å²) in [5.74, 6) is -0.338. The first kappa shape index (κ1) is 11.1. The Kier molecular flexibility index (Phi) is 2.50. The molecule has 0 saturated heterocycles. The number of ether oxygens (including phenoxy) is 1. The van der Waals surface area contributed by atoms with Crippen molar-refractivity contribution in [3.63, 3.8) is 0 Å². The number of esters is 1. The summed E-state index contributed by atoms with van der Waals surface area (Å²) in [6.07, 6.45) is 3.58. The largest absolute Gasteiger partial charge is 0.465 e. The highest BCUT2D eigenvalue weighted by atomic mass is 16.5. The summed E-state index contributed by atoms with van der Waals surface area (Å²) >= 11 is 0. The molecule has 1 fully saturated rings. The van der Waals surface area contributed by atoms with Gasteiger partial charge in [0, 0.05) is 18.5 Å². The lowest BCUT2D eigenvalue weighted by molar-refractivity contribution is 0.0598. The zero-order valence-electron chi connectivity index (χ0n) is 9.86. The molecule has 5 heteroatoms. The summed E-state index contributed by atoms with van der Waals surface area (Å²) in [5.41, 5.74) is 7.37. The van der Waals surface area contributed by atoms with Crippen molar-refractivity contribution < 1.29 is 9.53 Å². The first-order chi connectivity index (χ1) is 7.53. The molecule has 1 unspecified atom stereocenters. The van der Waals surface area contributed by atoms with Gasteiger partial charge < -0.3 is 10.5 Å². The van der Waals surface area contributed by atoms with Crippen LogP contribution < -0.4 is 5.73 Å². The Balaban J connectivity index is 2.48. The highest BCUT2D eigenvalue weighted by molar-refractivity contribution is 5.91. The Morgan fingerprint density at radius 2 is 2.31 bits per heavy atom. The standard InChI is InChI=1S/C11H17N3O2/c1-7(12)11(4-5-11)9-8(10(15)16-3)6-13-14(9)2/h6-7H,4-5,12H2,1-3H3. The zero-order chi connectivity index (χ0) is 11.9. The van der Waals surface area contributed by atoms with Gasteiger partial charge in [-0.15, -0.1) is 0 Å². The summed E-state index contributed by atoms with van der Waals surface area (Å²) in [7, 11) is 3.22. The molecule has 0 radical (unpaired) electrons. The minimum Gasteiger partial charge on any atom is -0.465 e. The highest BCUT2D eigenvalue weighted by Crippen LogP contribution is 2.51. The van der Waals surface area contributed by atoms with Crippen LogP contribution in [0.15, 0.2) is 6.20 Å². The smallest absolute Gasteiger partial charge is 0.341 e. The fourth-order valence-electron chi connectivity index (χ4n) is 2.33. The zero-order valence-corrected chi connectivity index (χ0v) is 9.86. The molecule has 0 spiro atoms. The Labute approximate surface area is 94.6 Å². The Morgan fingerprint density at radius 1 is 1.69 bits per heavy atom. The van der Waals surface area contributed by atoms with Crippen molar-refractivity contribution in [2.24, 2.45) is 12.8 Å².